The number of halogens is 4. The molecule has 0 amide bonds. The highest BCUT2D eigenvalue weighted by Crippen LogP contribution is 2.35. The number of hydrogen-bond donors (Lipinski definition) is 1. The van der Waals surface area contributed by atoms with Crippen molar-refractivity contribution < 1.29 is 12.8 Å². The third kappa shape index (κ3) is 3.73. The van der Waals surface area contributed by atoms with Crippen LogP contribution in [0.5, 0.6) is 0 Å². The van der Waals surface area contributed by atoms with Gasteiger partial charge < -0.3 is 0 Å². The highest BCUT2D eigenvalue weighted by Gasteiger charge is 2.26. The van der Waals surface area contributed by atoms with E-state index in [2.05, 4.69) is 4.72 Å². The van der Waals surface area contributed by atoms with Gasteiger partial charge in [-0.2, -0.15) is 0 Å². The molecule has 3 aromatic rings. The van der Waals surface area contributed by atoms with Gasteiger partial charge in [-0.15, -0.1) is 0 Å². The molecule has 2 aromatic carbocycles. The molecule has 0 radical (unpaired) electrons. The number of nitrogens with zero attached hydrogens (tertiary/aromatic N) is 2. The number of fused-ring (bicyclic) bond motifs is 1. The van der Waals surface area contributed by atoms with Crippen LogP contribution in [-0.2, 0) is 23.1 Å². The number of nitrogens with one attached hydrogen (secondary N) is 1. The van der Waals surface area contributed by atoms with Crippen LogP contribution in [-0.4, -0.2) is 17.8 Å². The van der Waals surface area contributed by atoms with E-state index in [0.717, 1.165) is 18.9 Å². The summed E-state index contributed by atoms with van der Waals surface area (Å²) in [6.45, 7) is 1.02. The smallest absolute Gasteiger partial charge is 0.276 e. The summed E-state index contributed by atoms with van der Waals surface area (Å²) in [5.74, 6) is -0.781. The monoisotopic (exact) mass is 489 g/mol. The van der Waals surface area contributed by atoms with Crippen molar-refractivity contribution in [3.63, 3.8) is 0 Å². The first-order valence-electron chi connectivity index (χ1n) is 8.96. The lowest BCUT2D eigenvalue weighted by atomic mass is 10.1. The lowest BCUT2D eigenvalue weighted by molar-refractivity contribution is 0.356. The van der Waals surface area contributed by atoms with Gasteiger partial charge in [-0.05, 0) is 49.2 Å². The van der Waals surface area contributed by atoms with Gasteiger partial charge in [-0.3, -0.25) is 14.2 Å². The summed E-state index contributed by atoms with van der Waals surface area (Å²) < 4.78 is 45.5. The van der Waals surface area contributed by atoms with E-state index in [1.807, 2.05) is 0 Å². The molecule has 11 heteroatoms. The highest BCUT2D eigenvalue weighted by molar-refractivity contribution is 7.92. The van der Waals surface area contributed by atoms with Crippen molar-refractivity contribution in [1.29, 1.82) is 0 Å². The summed E-state index contributed by atoms with van der Waals surface area (Å²) in [7, 11) is -4.02. The Morgan fingerprint density at radius 2 is 1.60 bits per heavy atom. The molecule has 1 aliphatic heterocycles. The Hall–Kier alpha value is -2.00. The second kappa shape index (κ2) is 7.92. The molecular formula is C19H15Cl3FN3O3S. The van der Waals surface area contributed by atoms with Gasteiger partial charge in [0.2, 0.25) is 0 Å². The summed E-state index contributed by atoms with van der Waals surface area (Å²) in [5, 5.41) is 0.324. The number of aromatic nitrogens is 2. The third-order valence-electron chi connectivity index (χ3n) is 4.86. The Morgan fingerprint density at radius 1 is 0.967 bits per heavy atom. The molecule has 0 saturated carbocycles. The van der Waals surface area contributed by atoms with Crippen molar-refractivity contribution in [2.45, 2.75) is 30.8 Å². The lowest BCUT2D eigenvalue weighted by Crippen LogP contribution is -2.27. The standard InChI is InChI=1S/C19H15Cl3FN3O3S/c20-11-3-5-12(6-4-11)30(28,29)24-16-9-13(15(23)10-14(16)21)17-18(22)25-7-1-2-8-26(25)19(17)27/h3-6,9-10,24H,1-2,7-8H2. The molecule has 0 aliphatic carbocycles. The maximum absolute atomic E-state index is 14.7. The molecule has 4 rings (SSSR count). The SMILES string of the molecule is O=c1c(-c2cc(NS(=O)(=O)c3ccc(Cl)cc3)c(Cl)cc2F)c(Cl)n2n1CCCC2. The predicted molar refractivity (Wildman–Crippen MR) is 116 cm³/mol. The third-order valence-corrected chi connectivity index (χ3v) is 7.19. The first-order valence-corrected chi connectivity index (χ1v) is 11.6. The zero-order valence-electron chi connectivity index (χ0n) is 15.3. The van der Waals surface area contributed by atoms with Crippen molar-refractivity contribution in [2.75, 3.05) is 4.72 Å². The van der Waals surface area contributed by atoms with Crippen molar-refractivity contribution in [3.8, 4) is 11.1 Å². The van der Waals surface area contributed by atoms with E-state index in [1.165, 1.54) is 35.0 Å². The van der Waals surface area contributed by atoms with Crippen LogP contribution in [0.3, 0.4) is 0 Å². The van der Waals surface area contributed by atoms with Crippen LogP contribution in [0.15, 0.2) is 46.1 Å². The molecule has 1 aliphatic rings. The van der Waals surface area contributed by atoms with Gasteiger partial charge in [-0.1, -0.05) is 34.8 Å². The molecule has 0 fully saturated rings. The van der Waals surface area contributed by atoms with E-state index in [9.17, 15) is 17.6 Å². The van der Waals surface area contributed by atoms with Gasteiger partial charge in [0.15, 0.2) is 0 Å². The minimum absolute atomic E-state index is 0.0281. The van der Waals surface area contributed by atoms with E-state index < -0.39 is 21.4 Å². The van der Waals surface area contributed by atoms with E-state index in [0.29, 0.717) is 18.1 Å². The van der Waals surface area contributed by atoms with Gasteiger partial charge in [0.1, 0.15) is 11.0 Å². The Balaban J connectivity index is 1.80. The average Bonchev–Trinajstić information content (AvgIpc) is 2.95. The van der Waals surface area contributed by atoms with Crippen LogP contribution in [0.2, 0.25) is 15.2 Å². The first-order chi connectivity index (χ1) is 14.2. The van der Waals surface area contributed by atoms with Crippen LogP contribution in [0.25, 0.3) is 11.1 Å². The van der Waals surface area contributed by atoms with Crippen LogP contribution >= 0.6 is 34.8 Å². The average molecular weight is 491 g/mol. The summed E-state index contributed by atoms with van der Waals surface area (Å²) in [4.78, 5) is 12.8. The zero-order chi connectivity index (χ0) is 21.6. The maximum atomic E-state index is 14.7. The van der Waals surface area contributed by atoms with E-state index in [1.54, 1.807) is 4.68 Å². The molecule has 158 valence electrons. The molecule has 2 heterocycles. The van der Waals surface area contributed by atoms with Gasteiger partial charge in [-0.25, -0.2) is 17.5 Å². The second-order valence-corrected chi connectivity index (χ2v) is 9.68. The number of anilines is 1. The molecule has 0 spiro atoms. The van der Waals surface area contributed by atoms with Gasteiger partial charge in [0, 0.05) is 23.7 Å². The molecule has 1 N–H and O–H groups in total. The minimum Gasteiger partial charge on any atom is -0.278 e. The van der Waals surface area contributed by atoms with Crippen LogP contribution in [0.4, 0.5) is 10.1 Å². The van der Waals surface area contributed by atoms with Gasteiger partial charge in [0.05, 0.1) is 21.2 Å². The van der Waals surface area contributed by atoms with Crippen LogP contribution < -0.4 is 10.3 Å². The topological polar surface area (TPSA) is 73.1 Å². The molecule has 30 heavy (non-hydrogen) atoms. The quantitative estimate of drug-likeness (QED) is 0.559. The van der Waals surface area contributed by atoms with Crippen molar-refractivity contribution >= 4 is 50.5 Å². The van der Waals surface area contributed by atoms with Crippen LogP contribution in [0.1, 0.15) is 12.8 Å². The molecule has 1 aromatic heterocycles. The fraction of sp³-hybridized carbons (Fsp3) is 0.211. The number of benzene rings is 2. The fourth-order valence-electron chi connectivity index (χ4n) is 3.39. The highest BCUT2D eigenvalue weighted by atomic mass is 35.5. The molecule has 0 saturated heterocycles. The van der Waals surface area contributed by atoms with E-state index in [4.69, 9.17) is 34.8 Å². The largest absolute Gasteiger partial charge is 0.278 e. The predicted octanol–water partition coefficient (Wildman–Crippen LogP) is 5.01. The Bertz CT molecular complexity index is 1300. The minimum atomic E-state index is -4.02. The second-order valence-electron chi connectivity index (χ2n) is 6.80. The molecule has 0 bridgehead atoms. The summed E-state index contributed by atoms with van der Waals surface area (Å²) >= 11 is 18.3. The zero-order valence-corrected chi connectivity index (χ0v) is 18.4. The van der Waals surface area contributed by atoms with Crippen molar-refractivity contribution in [1.82, 2.24) is 9.36 Å². The lowest BCUT2D eigenvalue weighted by Gasteiger charge is -2.17. The van der Waals surface area contributed by atoms with Crippen molar-refractivity contribution in [2.24, 2.45) is 0 Å². The Morgan fingerprint density at radius 3 is 2.23 bits per heavy atom. The maximum Gasteiger partial charge on any atom is 0.276 e. The fourth-order valence-corrected chi connectivity index (χ4v) is 5.20. The number of hydrogen-bond acceptors (Lipinski definition) is 3. The number of rotatable bonds is 4. The van der Waals surface area contributed by atoms with Gasteiger partial charge >= 0.3 is 0 Å². The van der Waals surface area contributed by atoms with Gasteiger partial charge in [0.25, 0.3) is 15.6 Å². The molecule has 0 unspecified atom stereocenters. The molecule has 6 nitrogen and oxygen atoms in total. The Labute approximate surface area is 186 Å². The van der Waals surface area contributed by atoms with E-state index >= 15 is 0 Å². The summed E-state index contributed by atoms with van der Waals surface area (Å²) in [6, 6.07) is 7.65. The van der Waals surface area contributed by atoms with Crippen molar-refractivity contribution in [3.05, 3.63) is 67.8 Å². The van der Waals surface area contributed by atoms with Crippen LogP contribution in [0, 0.1) is 5.82 Å². The normalized spacial score (nSPS) is 13.9. The van der Waals surface area contributed by atoms with E-state index in [-0.39, 0.29) is 31.9 Å². The Kier molecular flexibility index (Phi) is 5.61. The summed E-state index contributed by atoms with van der Waals surface area (Å²) in [6.07, 6.45) is 1.66. The molecular weight excluding hydrogens is 476 g/mol. The first kappa shape index (κ1) is 21.2. The summed E-state index contributed by atoms with van der Waals surface area (Å²) in [5.41, 5.74) is -0.669. The number of sulfonamides is 1. The molecule has 0 atom stereocenters.